The van der Waals surface area contributed by atoms with Gasteiger partial charge in [-0.25, -0.2) is 4.98 Å². The van der Waals surface area contributed by atoms with E-state index in [2.05, 4.69) is 57.2 Å². The number of rotatable bonds is 17. The lowest BCUT2D eigenvalue weighted by Crippen LogP contribution is -2.63. The molecule has 0 radical (unpaired) electrons. The minimum Gasteiger partial charge on any atom is -0.370 e. The van der Waals surface area contributed by atoms with E-state index in [0.717, 1.165) is 28.5 Å². The molecule has 80 heavy (non-hydrogen) atoms. The van der Waals surface area contributed by atoms with Gasteiger partial charge in [-0.3, -0.25) is 43.3 Å². The topological polar surface area (TPSA) is 356 Å². The van der Waals surface area contributed by atoms with Crippen molar-refractivity contribution < 1.29 is 38.4 Å². The summed E-state index contributed by atoms with van der Waals surface area (Å²) < 4.78 is -1.08. The number of unbranched alkanes of at least 4 members (excludes halogenated alkanes) is 1. The van der Waals surface area contributed by atoms with Crippen molar-refractivity contribution in [3.05, 3.63) is 126 Å². The number of benzene rings is 3. The van der Waals surface area contributed by atoms with Gasteiger partial charge in [0.2, 0.25) is 47.3 Å². The summed E-state index contributed by atoms with van der Waals surface area (Å²) in [4.78, 5) is 128. The van der Waals surface area contributed by atoms with Crippen molar-refractivity contribution in [1.29, 1.82) is 0 Å². The summed E-state index contributed by atoms with van der Waals surface area (Å²) in [7, 11) is 0. The van der Waals surface area contributed by atoms with E-state index in [-0.39, 0.29) is 50.4 Å². The Morgan fingerprint density at radius 3 is 2.06 bits per heavy atom. The summed E-state index contributed by atoms with van der Waals surface area (Å²) in [6.07, 6.45) is 6.20. The first kappa shape index (κ1) is 61.4. The van der Waals surface area contributed by atoms with Crippen molar-refractivity contribution >= 4 is 87.6 Å². The number of nitrogens with zero attached hydrogens (tertiary/aromatic N) is 2. The fourth-order valence-electron chi connectivity index (χ4n) is 9.10. The van der Waals surface area contributed by atoms with Gasteiger partial charge in [0, 0.05) is 83.7 Å². The first-order chi connectivity index (χ1) is 38.3. The lowest BCUT2D eigenvalue weighted by Gasteiger charge is -2.35. The Morgan fingerprint density at radius 1 is 0.750 bits per heavy atom. The van der Waals surface area contributed by atoms with Gasteiger partial charge in [0.05, 0.1) is 6.33 Å². The number of imidazole rings is 1. The van der Waals surface area contributed by atoms with Crippen molar-refractivity contribution in [2.24, 2.45) is 22.2 Å². The molecule has 3 heterocycles. The zero-order chi connectivity index (χ0) is 57.8. The van der Waals surface area contributed by atoms with Crippen LogP contribution in [0.2, 0.25) is 0 Å². The van der Waals surface area contributed by atoms with Crippen LogP contribution in [-0.2, 0) is 69.1 Å². The zero-order valence-corrected chi connectivity index (χ0v) is 47.1. The number of aromatic amines is 2. The number of primary amides is 1. The molecule has 24 heteroatoms. The average Bonchev–Trinajstić information content (AvgIpc) is 4.11. The third kappa shape index (κ3) is 18.6. The maximum atomic E-state index is 15.0. The number of hydrogen-bond donors (Lipinski definition) is 12. The van der Waals surface area contributed by atoms with Gasteiger partial charge in [0.15, 0.2) is 5.96 Å². The summed E-state index contributed by atoms with van der Waals surface area (Å²) in [6, 6.07) is 15.2. The summed E-state index contributed by atoms with van der Waals surface area (Å²) in [5.41, 5.74) is 21.5. The highest BCUT2D eigenvalue weighted by molar-refractivity contribution is 8.00. The van der Waals surface area contributed by atoms with Gasteiger partial charge in [0.1, 0.15) is 42.3 Å². The SMILES string of the molecule is CCCC[C@H](NC(C)=O)C(=O)N[C@@H]1C(=O)N[C@@H](Cc2cnc[nH]2)C(=O)N[C@H](Cc2ccccc2)C(=O)N[C@@H](CCCN=C(N)N)C(=O)N[C@@H](Cc2c[nH]c3ccccc23)C(=O)N[C@H](C(N)=O)CSCc2cccc(c2)CSC1(C)C. The van der Waals surface area contributed by atoms with Crippen LogP contribution in [0, 0.1) is 0 Å². The molecule has 0 aliphatic carbocycles. The number of aliphatic imine (C=N–C) groups is 1. The number of amides is 8. The van der Waals surface area contributed by atoms with Crippen molar-refractivity contribution in [1.82, 2.24) is 52.2 Å². The Balaban J connectivity index is 1.43. The molecule has 0 saturated carbocycles. The molecule has 3 aromatic carbocycles. The van der Waals surface area contributed by atoms with Crippen molar-refractivity contribution in [3.8, 4) is 0 Å². The van der Waals surface area contributed by atoms with Gasteiger partial charge in [-0.05, 0) is 61.4 Å². The quantitative estimate of drug-likeness (QED) is 0.0361. The number of carbonyl (C=O) groups excluding carboxylic acids is 8. The van der Waals surface area contributed by atoms with E-state index in [1.54, 1.807) is 50.4 Å². The maximum Gasteiger partial charge on any atom is 0.244 e. The first-order valence-electron chi connectivity index (χ1n) is 26.6. The fourth-order valence-corrected chi connectivity index (χ4v) is 11.2. The third-order valence-electron chi connectivity index (χ3n) is 13.4. The number of nitrogens with two attached hydrogens (primary N) is 3. The Hall–Kier alpha value is -7.86. The van der Waals surface area contributed by atoms with Crippen LogP contribution in [0.1, 0.15) is 87.7 Å². The molecule has 0 saturated heterocycles. The van der Waals surface area contributed by atoms with E-state index in [1.165, 1.54) is 43.0 Å². The highest BCUT2D eigenvalue weighted by atomic mass is 32.2. The molecule has 6 rings (SSSR count). The van der Waals surface area contributed by atoms with E-state index in [9.17, 15) is 33.6 Å². The number of hydrogen-bond acceptors (Lipinski definition) is 12. The van der Waals surface area contributed by atoms with Crippen LogP contribution in [-0.4, -0.2) is 128 Å². The summed E-state index contributed by atoms with van der Waals surface area (Å²) in [5.74, 6) is -4.91. The second-order valence-electron chi connectivity index (χ2n) is 20.3. The van der Waals surface area contributed by atoms with Gasteiger partial charge >= 0.3 is 0 Å². The summed E-state index contributed by atoms with van der Waals surface area (Å²) in [5, 5.41) is 20.6. The monoisotopic (exact) mass is 1130 g/mol. The highest BCUT2D eigenvalue weighted by Gasteiger charge is 2.41. The molecule has 0 unspecified atom stereocenters. The minimum atomic E-state index is -1.38. The predicted molar refractivity (Wildman–Crippen MR) is 310 cm³/mol. The number of guanidine groups is 1. The van der Waals surface area contributed by atoms with E-state index in [4.69, 9.17) is 17.2 Å². The first-order valence-corrected chi connectivity index (χ1v) is 28.7. The van der Waals surface area contributed by atoms with Gasteiger partial charge in [0.25, 0.3) is 0 Å². The fraction of sp³-hybridized carbons (Fsp3) is 0.429. The number of fused-ring (bicyclic) bond motifs is 3. The Morgan fingerprint density at radius 2 is 1.39 bits per heavy atom. The number of carbonyl (C=O) groups is 8. The van der Waals surface area contributed by atoms with Crippen LogP contribution >= 0.6 is 23.5 Å². The van der Waals surface area contributed by atoms with Crippen LogP contribution in [0.3, 0.4) is 0 Å². The molecule has 428 valence electrons. The number of thioether (sulfide) groups is 2. The molecular weight excluding hydrogens is 1060 g/mol. The maximum absolute atomic E-state index is 15.0. The van der Waals surface area contributed by atoms with Crippen molar-refractivity contribution in [2.45, 2.75) is 138 Å². The van der Waals surface area contributed by atoms with Gasteiger partial charge < -0.3 is 64.4 Å². The number of aromatic nitrogens is 3. The molecule has 2 bridgehead atoms. The zero-order valence-electron chi connectivity index (χ0n) is 45.5. The van der Waals surface area contributed by atoms with Gasteiger partial charge in [-0.2, -0.15) is 11.8 Å². The second kappa shape index (κ2) is 29.9. The normalized spacial score (nSPS) is 21.2. The average molecular weight is 1140 g/mol. The number of H-pyrrole nitrogens is 2. The lowest BCUT2D eigenvalue weighted by atomic mass is 9.99. The molecule has 7 atom stereocenters. The van der Waals surface area contributed by atoms with Crippen LogP contribution in [0.25, 0.3) is 10.9 Å². The van der Waals surface area contributed by atoms with E-state index in [1.807, 2.05) is 55.5 Å². The van der Waals surface area contributed by atoms with E-state index < -0.39 is 94.3 Å². The summed E-state index contributed by atoms with van der Waals surface area (Å²) in [6.45, 7) is 6.93. The molecule has 15 N–H and O–H groups in total. The van der Waals surface area contributed by atoms with Gasteiger partial charge in [-0.1, -0.05) is 92.6 Å². The molecule has 0 spiro atoms. The molecule has 1 aliphatic rings. The smallest absolute Gasteiger partial charge is 0.244 e. The molecule has 8 amide bonds. The second-order valence-corrected chi connectivity index (χ2v) is 22.9. The highest BCUT2D eigenvalue weighted by Crippen LogP contribution is 2.33. The Kier molecular flexibility index (Phi) is 23.0. The van der Waals surface area contributed by atoms with Crippen LogP contribution in [0.5, 0.6) is 0 Å². The van der Waals surface area contributed by atoms with E-state index in [0.29, 0.717) is 41.2 Å². The van der Waals surface area contributed by atoms with Crippen LogP contribution in [0.15, 0.2) is 103 Å². The lowest BCUT2D eigenvalue weighted by molar-refractivity contribution is -0.135. The Bertz CT molecular complexity index is 2950. The van der Waals surface area contributed by atoms with Crippen LogP contribution in [0.4, 0.5) is 0 Å². The van der Waals surface area contributed by atoms with Crippen molar-refractivity contribution in [2.75, 3.05) is 12.3 Å². The molecule has 22 nitrogen and oxygen atoms in total. The van der Waals surface area contributed by atoms with Gasteiger partial charge in [-0.15, -0.1) is 11.8 Å². The van der Waals surface area contributed by atoms with E-state index >= 15 is 4.79 Å². The third-order valence-corrected chi connectivity index (χ3v) is 16.0. The summed E-state index contributed by atoms with van der Waals surface area (Å²) >= 11 is 2.74. The largest absolute Gasteiger partial charge is 0.370 e. The minimum absolute atomic E-state index is 0.0358. The van der Waals surface area contributed by atoms with Crippen LogP contribution < -0.4 is 54.4 Å². The molecule has 5 aromatic rings. The standard InChI is InChI=1S/C56H74N14O8S2/c1-5-6-19-41(64-33(2)71)50(74)70-47-54(78)68-45(26-38-28-60-32-63-38)53(77)66-43(24-34-14-8-7-9-15-34)51(75)65-42(21-13-22-61-55(58)59)49(73)67-44(25-37-27-62-40-20-11-10-18-39(37)40)52(76)69-46(48(57)72)31-79-29-35-16-12-17-36(23-35)30-80-56(47,3)4/h7-12,14-18,20,23,27-28,32,41-47,62H,5-6,13,19,21-22,24-26,29-31H2,1-4H3,(H2,57,72)(H,60,63)(H,64,71)(H,65,75)(H,66,77)(H,67,73)(H,68,78)(H,69,76)(H,70,74)(H4,58,59,61)/t41-,42-,43+,44-,45-,46-,47+/m0/s1. The molecule has 2 aromatic heterocycles. The number of nitrogens with one attached hydrogen (secondary N) is 9. The molecule has 0 fully saturated rings. The molecular formula is C56H74N14O8S2. The van der Waals surface area contributed by atoms with Crippen molar-refractivity contribution in [3.63, 3.8) is 0 Å². The molecule has 1 aliphatic heterocycles. The number of para-hydroxylation sites is 1. The Labute approximate surface area is 473 Å². The predicted octanol–water partition coefficient (Wildman–Crippen LogP) is 2.02.